The molecule has 0 spiro atoms. The van der Waals surface area contributed by atoms with Gasteiger partial charge in [-0.15, -0.1) is 11.3 Å². The number of nitrogens with zero attached hydrogens (tertiary/aromatic N) is 2. The van der Waals surface area contributed by atoms with E-state index in [9.17, 15) is 13.2 Å². The van der Waals surface area contributed by atoms with Crippen LogP contribution >= 0.6 is 11.3 Å². The van der Waals surface area contributed by atoms with Crippen molar-refractivity contribution in [1.29, 1.82) is 0 Å². The van der Waals surface area contributed by atoms with Crippen molar-refractivity contribution in [3.63, 3.8) is 0 Å². The lowest BCUT2D eigenvalue weighted by atomic mass is 10.2. The van der Waals surface area contributed by atoms with Gasteiger partial charge in [0.1, 0.15) is 0 Å². The van der Waals surface area contributed by atoms with Crippen molar-refractivity contribution in [3.05, 3.63) is 51.7 Å². The predicted octanol–water partition coefficient (Wildman–Crippen LogP) is 2.51. The number of sulfonamides is 1. The number of carbonyl (C=O) groups is 1. The van der Waals surface area contributed by atoms with Gasteiger partial charge in [0.15, 0.2) is 0 Å². The second kappa shape index (κ2) is 6.66. The minimum atomic E-state index is -3.49. The van der Waals surface area contributed by atoms with Crippen LogP contribution in [0.15, 0.2) is 41.3 Å². The summed E-state index contributed by atoms with van der Waals surface area (Å²) in [6.07, 6.45) is 0. The summed E-state index contributed by atoms with van der Waals surface area (Å²) >= 11 is 1.47. The SMILES string of the molecule is Cc1ccc(S(=O)(=O)N2CCN(C(=O)c3ccc(C)s3)CC2)cc1. The minimum Gasteiger partial charge on any atom is -0.335 e. The Morgan fingerprint density at radius 2 is 1.58 bits per heavy atom. The first kappa shape index (κ1) is 17.1. The van der Waals surface area contributed by atoms with Gasteiger partial charge >= 0.3 is 0 Å². The van der Waals surface area contributed by atoms with E-state index in [4.69, 9.17) is 0 Å². The highest BCUT2D eigenvalue weighted by Gasteiger charge is 2.30. The summed E-state index contributed by atoms with van der Waals surface area (Å²) in [5, 5.41) is 0. The van der Waals surface area contributed by atoms with E-state index in [1.54, 1.807) is 29.2 Å². The van der Waals surface area contributed by atoms with Gasteiger partial charge < -0.3 is 4.90 Å². The Morgan fingerprint density at radius 1 is 0.958 bits per heavy atom. The van der Waals surface area contributed by atoms with Gasteiger partial charge in [-0.1, -0.05) is 17.7 Å². The van der Waals surface area contributed by atoms with E-state index in [1.165, 1.54) is 15.6 Å². The van der Waals surface area contributed by atoms with Crippen molar-refractivity contribution < 1.29 is 13.2 Å². The smallest absolute Gasteiger partial charge is 0.264 e. The predicted molar refractivity (Wildman–Crippen MR) is 94.9 cm³/mol. The molecule has 0 saturated carbocycles. The molecule has 1 aliphatic rings. The lowest BCUT2D eigenvalue weighted by Gasteiger charge is -2.33. The van der Waals surface area contributed by atoms with E-state index in [2.05, 4.69) is 0 Å². The van der Waals surface area contributed by atoms with Crippen molar-refractivity contribution >= 4 is 27.3 Å². The van der Waals surface area contributed by atoms with Gasteiger partial charge in [-0.05, 0) is 38.1 Å². The van der Waals surface area contributed by atoms with Crippen LogP contribution in [0.4, 0.5) is 0 Å². The van der Waals surface area contributed by atoms with Gasteiger partial charge in [-0.2, -0.15) is 4.31 Å². The van der Waals surface area contributed by atoms with Gasteiger partial charge in [0.25, 0.3) is 5.91 Å². The molecule has 128 valence electrons. The molecular weight excluding hydrogens is 344 g/mol. The number of carbonyl (C=O) groups excluding carboxylic acids is 1. The monoisotopic (exact) mass is 364 g/mol. The molecule has 1 aliphatic heterocycles. The number of hydrogen-bond donors (Lipinski definition) is 0. The largest absolute Gasteiger partial charge is 0.335 e. The third-order valence-corrected chi connectivity index (χ3v) is 7.04. The third kappa shape index (κ3) is 3.38. The molecule has 0 aliphatic carbocycles. The number of piperazine rings is 1. The zero-order valence-electron chi connectivity index (χ0n) is 13.7. The molecule has 7 heteroatoms. The fourth-order valence-corrected chi connectivity index (χ4v) is 4.95. The van der Waals surface area contributed by atoms with Crippen molar-refractivity contribution in [2.24, 2.45) is 0 Å². The molecule has 0 bridgehead atoms. The summed E-state index contributed by atoms with van der Waals surface area (Å²) in [5.74, 6) is -0.0134. The molecule has 0 unspecified atom stereocenters. The second-order valence-corrected chi connectivity index (χ2v) is 9.15. The lowest BCUT2D eigenvalue weighted by Crippen LogP contribution is -2.50. The number of aryl methyl sites for hydroxylation is 2. The molecular formula is C17H20N2O3S2. The van der Waals surface area contributed by atoms with Crippen LogP contribution in [0.5, 0.6) is 0 Å². The van der Waals surface area contributed by atoms with E-state index in [-0.39, 0.29) is 5.91 Å². The highest BCUT2D eigenvalue weighted by Crippen LogP contribution is 2.21. The standard InChI is InChI=1S/C17H20N2O3S2/c1-13-3-6-15(7-4-13)24(21,22)19-11-9-18(10-12-19)17(20)16-8-5-14(2)23-16/h3-8H,9-12H2,1-2H3. The molecule has 0 N–H and O–H groups in total. The van der Waals surface area contributed by atoms with E-state index in [0.717, 1.165) is 10.4 Å². The summed E-state index contributed by atoms with van der Waals surface area (Å²) in [6.45, 7) is 5.38. The molecule has 3 rings (SSSR count). The highest BCUT2D eigenvalue weighted by molar-refractivity contribution is 7.89. The fraction of sp³-hybridized carbons (Fsp3) is 0.353. The zero-order chi connectivity index (χ0) is 17.3. The first-order valence-corrected chi connectivity index (χ1v) is 10.1. The minimum absolute atomic E-state index is 0.0134. The summed E-state index contributed by atoms with van der Waals surface area (Å²) in [5.41, 5.74) is 1.02. The average Bonchev–Trinajstić information content (AvgIpc) is 3.01. The number of rotatable bonds is 3. The van der Waals surface area contributed by atoms with Crippen molar-refractivity contribution in [3.8, 4) is 0 Å². The molecule has 1 fully saturated rings. The summed E-state index contributed by atoms with van der Waals surface area (Å²) in [7, 11) is -3.49. The molecule has 1 amide bonds. The first-order valence-electron chi connectivity index (χ1n) is 7.80. The average molecular weight is 364 g/mol. The Hall–Kier alpha value is -1.70. The van der Waals surface area contributed by atoms with Crippen LogP contribution in [-0.4, -0.2) is 49.7 Å². The number of thiophene rings is 1. The molecule has 2 heterocycles. The number of hydrogen-bond acceptors (Lipinski definition) is 4. The van der Waals surface area contributed by atoms with E-state index < -0.39 is 10.0 Å². The summed E-state index contributed by atoms with van der Waals surface area (Å²) in [6, 6.07) is 10.6. The van der Waals surface area contributed by atoms with Crippen LogP contribution in [0.2, 0.25) is 0 Å². The maximum absolute atomic E-state index is 12.7. The van der Waals surface area contributed by atoms with Crippen LogP contribution in [0.3, 0.4) is 0 Å². The second-order valence-electron chi connectivity index (χ2n) is 5.92. The van der Waals surface area contributed by atoms with Gasteiger partial charge in [0.05, 0.1) is 9.77 Å². The van der Waals surface area contributed by atoms with Crippen LogP contribution in [0, 0.1) is 13.8 Å². The first-order chi connectivity index (χ1) is 11.4. The molecule has 1 aromatic heterocycles. The quantitative estimate of drug-likeness (QED) is 0.841. The van der Waals surface area contributed by atoms with Gasteiger partial charge in [-0.25, -0.2) is 8.42 Å². The zero-order valence-corrected chi connectivity index (χ0v) is 15.4. The van der Waals surface area contributed by atoms with Gasteiger partial charge in [-0.3, -0.25) is 4.79 Å². The van der Waals surface area contributed by atoms with Crippen molar-refractivity contribution in [2.45, 2.75) is 18.7 Å². The Labute approximate surface area is 146 Å². The molecule has 1 saturated heterocycles. The topological polar surface area (TPSA) is 57.7 Å². The van der Waals surface area contributed by atoms with Crippen LogP contribution in [0.1, 0.15) is 20.1 Å². The summed E-state index contributed by atoms with van der Waals surface area (Å²) < 4.78 is 26.8. The molecule has 24 heavy (non-hydrogen) atoms. The van der Waals surface area contributed by atoms with Crippen LogP contribution < -0.4 is 0 Å². The Balaban J connectivity index is 1.68. The Morgan fingerprint density at radius 3 is 2.12 bits per heavy atom. The lowest BCUT2D eigenvalue weighted by molar-refractivity contribution is 0.0703. The molecule has 0 atom stereocenters. The Kier molecular flexibility index (Phi) is 4.76. The molecule has 1 aromatic carbocycles. The van der Waals surface area contributed by atoms with E-state index in [0.29, 0.717) is 36.0 Å². The fourth-order valence-electron chi connectivity index (χ4n) is 2.70. The highest BCUT2D eigenvalue weighted by atomic mass is 32.2. The number of benzene rings is 1. The maximum Gasteiger partial charge on any atom is 0.264 e. The van der Waals surface area contributed by atoms with E-state index >= 15 is 0 Å². The summed E-state index contributed by atoms with van der Waals surface area (Å²) in [4.78, 5) is 16.3. The van der Waals surface area contributed by atoms with Crippen molar-refractivity contribution in [1.82, 2.24) is 9.21 Å². The molecule has 5 nitrogen and oxygen atoms in total. The van der Waals surface area contributed by atoms with Crippen molar-refractivity contribution in [2.75, 3.05) is 26.2 Å². The van der Waals surface area contributed by atoms with Crippen LogP contribution in [0.25, 0.3) is 0 Å². The maximum atomic E-state index is 12.7. The number of amides is 1. The normalized spacial score (nSPS) is 16.3. The van der Waals surface area contributed by atoms with E-state index in [1.807, 2.05) is 26.0 Å². The molecule has 0 radical (unpaired) electrons. The van der Waals surface area contributed by atoms with Crippen LogP contribution in [-0.2, 0) is 10.0 Å². The van der Waals surface area contributed by atoms with Gasteiger partial charge in [0, 0.05) is 31.1 Å². The third-order valence-electron chi connectivity index (χ3n) is 4.14. The Bertz CT molecular complexity index is 833. The van der Waals surface area contributed by atoms with Gasteiger partial charge in [0.2, 0.25) is 10.0 Å². The molecule has 2 aromatic rings.